The Morgan fingerprint density at radius 2 is 1.65 bits per heavy atom. The molecule has 1 heterocycles. The maximum atomic E-state index is 12.2. The minimum absolute atomic E-state index is 0.0907. The van der Waals surface area contributed by atoms with E-state index in [1.54, 1.807) is 30.5 Å². The highest BCUT2D eigenvalue weighted by molar-refractivity contribution is 6.00. The lowest BCUT2D eigenvalue weighted by Gasteiger charge is -2.12. The molecule has 0 fully saturated rings. The summed E-state index contributed by atoms with van der Waals surface area (Å²) in [7, 11) is 0. The lowest BCUT2D eigenvalue weighted by Crippen LogP contribution is -2.14. The Morgan fingerprint density at radius 3 is 2.42 bits per heavy atom. The number of amides is 1. The van der Waals surface area contributed by atoms with Crippen molar-refractivity contribution in [3.63, 3.8) is 0 Å². The number of hydrogen-bond acceptors (Lipinski definition) is 4. The number of rotatable bonds is 7. The summed E-state index contributed by atoms with van der Waals surface area (Å²) in [5, 5.41) is 2.81. The van der Waals surface area contributed by atoms with E-state index in [4.69, 9.17) is 4.74 Å². The van der Waals surface area contributed by atoms with Gasteiger partial charge in [0.2, 0.25) is 5.91 Å². The largest absolute Gasteiger partial charge is 0.455 e. The Balaban J connectivity index is 1.60. The number of para-hydroxylation sites is 3. The molecule has 1 amide bonds. The SMILES string of the molecule is O=C(CCC(=O)c1cccnc1)Nc1ccccc1Oc1ccccc1. The molecule has 3 aromatic rings. The number of nitrogens with one attached hydrogen (secondary N) is 1. The van der Waals surface area contributed by atoms with Gasteiger partial charge in [-0.1, -0.05) is 30.3 Å². The fourth-order valence-corrected chi connectivity index (χ4v) is 2.39. The van der Waals surface area contributed by atoms with E-state index >= 15 is 0 Å². The van der Waals surface area contributed by atoms with Gasteiger partial charge < -0.3 is 10.1 Å². The molecule has 0 radical (unpaired) electrons. The Hall–Kier alpha value is -3.47. The molecule has 0 saturated heterocycles. The van der Waals surface area contributed by atoms with Gasteiger partial charge in [-0.25, -0.2) is 0 Å². The van der Waals surface area contributed by atoms with E-state index in [1.165, 1.54) is 6.20 Å². The van der Waals surface area contributed by atoms with E-state index < -0.39 is 0 Å². The molecule has 0 spiro atoms. The quantitative estimate of drug-likeness (QED) is 0.641. The lowest BCUT2D eigenvalue weighted by molar-refractivity contribution is -0.116. The molecule has 0 aliphatic heterocycles. The number of benzene rings is 2. The molecule has 5 heteroatoms. The fraction of sp³-hybridized carbons (Fsp3) is 0.0952. The van der Waals surface area contributed by atoms with Crippen LogP contribution in [0.5, 0.6) is 11.5 Å². The summed E-state index contributed by atoms with van der Waals surface area (Å²) in [6.45, 7) is 0. The van der Waals surface area contributed by atoms with Crippen molar-refractivity contribution in [2.24, 2.45) is 0 Å². The number of aromatic nitrogens is 1. The highest BCUT2D eigenvalue weighted by Gasteiger charge is 2.12. The molecule has 0 aliphatic rings. The van der Waals surface area contributed by atoms with E-state index in [1.807, 2.05) is 42.5 Å². The summed E-state index contributed by atoms with van der Waals surface area (Å²) in [5.41, 5.74) is 1.07. The molecule has 26 heavy (non-hydrogen) atoms. The number of ether oxygens (including phenoxy) is 1. The van der Waals surface area contributed by atoms with E-state index in [-0.39, 0.29) is 24.5 Å². The van der Waals surface area contributed by atoms with Crippen LogP contribution >= 0.6 is 0 Å². The highest BCUT2D eigenvalue weighted by atomic mass is 16.5. The van der Waals surface area contributed by atoms with Gasteiger partial charge in [0.15, 0.2) is 11.5 Å². The number of carbonyl (C=O) groups excluding carboxylic acids is 2. The van der Waals surface area contributed by atoms with Gasteiger partial charge in [0.05, 0.1) is 5.69 Å². The Bertz CT molecular complexity index is 880. The predicted molar refractivity (Wildman–Crippen MR) is 99.4 cm³/mol. The first-order chi connectivity index (χ1) is 12.7. The lowest BCUT2D eigenvalue weighted by atomic mass is 10.1. The average Bonchev–Trinajstić information content (AvgIpc) is 2.69. The van der Waals surface area contributed by atoms with Crippen molar-refractivity contribution >= 4 is 17.4 Å². The van der Waals surface area contributed by atoms with Crippen molar-refractivity contribution in [1.82, 2.24) is 4.98 Å². The molecule has 5 nitrogen and oxygen atoms in total. The maximum Gasteiger partial charge on any atom is 0.224 e. The van der Waals surface area contributed by atoms with Crippen LogP contribution in [0, 0.1) is 0 Å². The van der Waals surface area contributed by atoms with Crippen LogP contribution in [0.15, 0.2) is 79.1 Å². The summed E-state index contributed by atoms with van der Waals surface area (Å²) < 4.78 is 5.82. The molecule has 3 rings (SSSR count). The average molecular weight is 346 g/mol. The van der Waals surface area contributed by atoms with E-state index in [9.17, 15) is 9.59 Å². The Labute approximate surface area is 151 Å². The second-order valence-corrected chi connectivity index (χ2v) is 5.62. The maximum absolute atomic E-state index is 12.2. The zero-order valence-corrected chi connectivity index (χ0v) is 14.1. The zero-order valence-electron chi connectivity index (χ0n) is 14.1. The van der Waals surface area contributed by atoms with Gasteiger partial charge in [-0.05, 0) is 36.4 Å². The number of nitrogens with zero attached hydrogens (tertiary/aromatic N) is 1. The van der Waals surface area contributed by atoms with Crippen LogP contribution in [0.3, 0.4) is 0 Å². The highest BCUT2D eigenvalue weighted by Crippen LogP contribution is 2.29. The Morgan fingerprint density at radius 1 is 0.885 bits per heavy atom. The first-order valence-electron chi connectivity index (χ1n) is 8.27. The Kier molecular flexibility index (Phi) is 5.72. The third kappa shape index (κ3) is 4.77. The monoisotopic (exact) mass is 346 g/mol. The topological polar surface area (TPSA) is 68.3 Å². The summed E-state index contributed by atoms with van der Waals surface area (Å²) in [4.78, 5) is 28.2. The van der Waals surface area contributed by atoms with Crippen LogP contribution < -0.4 is 10.1 Å². The molecular weight excluding hydrogens is 328 g/mol. The van der Waals surface area contributed by atoms with Gasteiger partial charge in [0.25, 0.3) is 0 Å². The van der Waals surface area contributed by atoms with Gasteiger partial charge in [-0.2, -0.15) is 0 Å². The third-order valence-corrected chi connectivity index (χ3v) is 3.69. The van der Waals surface area contributed by atoms with Crippen LogP contribution in [-0.2, 0) is 4.79 Å². The third-order valence-electron chi connectivity index (χ3n) is 3.69. The predicted octanol–water partition coefficient (Wildman–Crippen LogP) is 4.48. The molecular formula is C21H18N2O3. The van der Waals surface area contributed by atoms with Crippen molar-refractivity contribution < 1.29 is 14.3 Å². The van der Waals surface area contributed by atoms with Gasteiger partial charge >= 0.3 is 0 Å². The zero-order chi connectivity index (χ0) is 18.2. The standard InChI is InChI=1S/C21H18N2O3/c24-19(16-7-6-14-22-15-16)12-13-21(25)23-18-10-4-5-11-20(18)26-17-8-2-1-3-9-17/h1-11,14-15H,12-13H2,(H,23,25). The number of anilines is 1. The van der Waals surface area contributed by atoms with Gasteiger partial charge in [-0.3, -0.25) is 14.6 Å². The number of Topliss-reactive ketones (excluding diaryl/α,β-unsaturated/α-hetero) is 1. The number of hydrogen-bond donors (Lipinski definition) is 1. The smallest absolute Gasteiger partial charge is 0.224 e. The van der Waals surface area contributed by atoms with Crippen LogP contribution in [0.1, 0.15) is 23.2 Å². The molecule has 0 unspecified atom stereocenters. The van der Waals surface area contributed by atoms with Gasteiger partial charge in [0.1, 0.15) is 5.75 Å². The van der Waals surface area contributed by atoms with Crippen molar-refractivity contribution in [3.8, 4) is 11.5 Å². The minimum atomic E-state index is -0.244. The molecule has 2 aromatic carbocycles. The van der Waals surface area contributed by atoms with Crippen molar-refractivity contribution in [2.45, 2.75) is 12.8 Å². The van der Waals surface area contributed by atoms with Crippen LogP contribution in [0.25, 0.3) is 0 Å². The summed E-state index contributed by atoms with van der Waals surface area (Å²) in [6.07, 6.45) is 3.32. The molecule has 0 bridgehead atoms. The van der Waals surface area contributed by atoms with E-state index in [2.05, 4.69) is 10.3 Å². The molecule has 0 aliphatic carbocycles. The van der Waals surface area contributed by atoms with E-state index in [0.29, 0.717) is 22.7 Å². The molecule has 1 N–H and O–H groups in total. The van der Waals surface area contributed by atoms with Crippen molar-refractivity contribution in [1.29, 1.82) is 0 Å². The first-order valence-corrected chi connectivity index (χ1v) is 8.27. The summed E-state index contributed by atoms with van der Waals surface area (Å²) in [5.74, 6) is 0.875. The number of ketones is 1. The van der Waals surface area contributed by atoms with Crippen molar-refractivity contribution in [2.75, 3.05) is 5.32 Å². The summed E-state index contributed by atoms with van der Waals surface area (Å²) >= 11 is 0. The molecule has 0 saturated carbocycles. The number of carbonyl (C=O) groups is 2. The normalized spacial score (nSPS) is 10.2. The van der Waals surface area contributed by atoms with Crippen LogP contribution in [-0.4, -0.2) is 16.7 Å². The second kappa shape index (κ2) is 8.58. The first kappa shape index (κ1) is 17.4. The van der Waals surface area contributed by atoms with Crippen LogP contribution in [0.4, 0.5) is 5.69 Å². The second-order valence-electron chi connectivity index (χ2n) is 5.62. The fourth-order valence-electron chi connectivity index (χ4n) is 2.39. The molecule has 1 aromatic heterocycles. The summed E-state index contributed by atoms with van der Waals surface area (Å²) in [6, 6.07) is 19.9. The van der Waals surface area contributed by atoms with Crippen LogP contribution in [0.2, 0.25) is 0 Å². The van der Waals surface area contributed by atoms with Crippen molar-refractivity contribution in [3.05, 3.63) is 84.7 Å². The minimum Gasteiger partial charge on any atom is -0.455 e. The number of pyridine rings is 1. The van der Waals surface area contributed by atoms with Gasteiger partial charge in [-0.15, -0.1) is 0 Å². The molecule has 0 atom stereocenters. The van der Waals surface area contributed by atoms with Gasteiger partial charge in [0, 0.05) is 30.8 Å². The molecule has 130 valence electrons. The van der Waals surface area contributed by atoms with E-state index in [0.717, 1.165) is 0 Å².